The molecule has 3 atom stereocenters. The van der Waals surface area contributed by atoms with Gasteiger partial charge in [0.2, 0.25) is 0 Å². The largest absolute Gasteiger partial charge is 0.497 e. The van der Waals surface area contributed by atoms with Gasteiger partial charge in [0, 0.05) is 24.5 Å². The van der Waals surface area contributed by atoms with Crippen LogP contribution in [0, 0.1) is 5.92 Å². The van der Waals surface area contributed by atoms with Crippen molar-refractivity contribution < 1.29 is 14.3 Å². The summed E-state index contributed by atoms with van der Waals surface area (Å²) in [5.74, 6) is 1.16. The zero-order chi connectivity index (χ0) is 16.0. The first-order valence-corrected chi connectivity index (χ1v) is 8.04. The quantitative estimate of drug-likeness (QED) is 0.872. The van der Waals surface area contributed by atoms with Crippen molar-refractivity contribution in [1.29, 1.82) is 0 Å². The molecule has 0 aliphatic heterocycles. The molecule has 3 nitrogen and oxygen atoms in total. The molecule has 0 bridgehead atoms. The van der Waals surface area contributed by atoms with Gasteiger partial charge in [0.25, 0.3) is 0 Å². The summed E-state index contributed by atoms with van der Waals surface area (Å²) in [6, 6.07) is 14.2. The molecular formula is C20H20O3. The zero-order valence-corrected chi connectivity index (χ0v) is 13.4. The van der Waals surface area contributed by atoms with Gasteiger partial charge in [0.1, 0.15) is 5.75 Å². The normalized spacial score (nSPS) is 25.3. The van der Waals surface area contributed by atoms with Crippen LogP contribution in [0.15, 0.2) is 42.5 Å². The smallest absolute Gasteiger partial charge is 0.167 e. The number of Topliss-reactive ketones (excluding diaryl/α,β-unsaturated/α-hetero) is 1. The van der Waals surface area contributed by atoms with E-state index in [0.717, 1.165) is 29.7 Å². The number of benzene rings is 2. The lowest BCUT2D eigenvalue weighted by atomic mass is 9.83. The van der Waals surface area contributed by atoms with E-state index in [1.165, 1.54) is 11.1 Å². The standard InChI is InChI=1S/C20H20O3/c1-22-14-7-8-16-13(9-14)10-17(20(16)21)19-15-6-4-3-5-12(15)11-18(19)23-2/h3-9,17-19H,10-11H2,1-2H3. The molecule has 0 aromatic heterocycles. The first-order chi connectivity index (χ1) is 11.2. The summed E-state index contributed by atoms with van der Waals surface area (Å²) >= 11 is 0. The Labute approximate surface area is 136 Å². The van der Waals surface area contributed by atoms with Crippen molar-refractivity contribution in [2.45, 2.75) is 24.9 Å². The minimum atomic E-state index is -0.0364. The Morgan fingerprint density at radius 3 is 2.61 bits per heavy atom. The number of methoxy groups -OCH3 is 2. The molecule has 0 fully saturated rings. The molecule has 0 radical (unpaired) electrons. The van der Waals surface area contributed by atoms with E-state index in [-0.39, 0.29) is 23.7 Å². The van der Waals surface area contributed by atoms with Crippen LogP contribution < -0.4 is 4.74 Å². The molecule has 0 amide bonds. The molecule has 23 heavy (non-hydrogen) atoms. The maximum atomic E-state index is 13.0. The summed E-state index contributed by atoms with van der Waals surface area (Å²) < 4.78 is 11.0. The monoisotopic (exact) mass is 308 g/mol. The third kappa shape index (κ3) is 2.19. The second kappa shape index (κ2) is 5.50. The third-order valence-electron chi connectivity index (χ3n) is 5.33. The topological polar surface area (TPSA) is 35.5 Å². The van der Waals surface area contributed by atoms with Gasteiger partial charge in [-0.3, -0.25) is 4.79 Å². The number of rotatable bonds is 3. The van der Waals surface area contributed by atoms with Crippen molar-refractivity contribution in [3.8, 4) is 5.75 Å². The molecule has 2 aromatic rings. The number of ether oxygens (including phenoxy) is 2. The highest BCUT2D eigenvalue weighted by Crippen LogP contribution is 2.45. The number of hydrogen-bond acceptors (Lipinski definition) is 3. The van der Waals surface area contributed by atoms with Crippen molar-refractivity contribution in [3.63, 3.8) is 0 Å². The minimum absolute atomic E-state index is 0.0364. The van der Waals surface area contributed by atoms with Crippen molar-refractivity contribution in [1.82, 2.24) is 0 Å². The Morgan fingerprint density at radius 2 is 1.83 bits per heavy atom. The van der Waals surface area contributed by atoms with Gasteiger partial charge in [-0.2, -0.15) is 0 Å². The Balaban J connectivity index is 1.72. The third-order valence-corrected chi connectivity index (χ3v) is 5.33. The van der Waals surface area contributed by atoms with Crippen LogP contribution in [0.5, 0.6) is 5.75 Å². The summed E-state index contributed by atoms with van der Waals surface area (Å²) in [6.45, 7) is 0. The minimum Gasteiger partial charge on any atom is -0.497 e. The summed E-state index contributed by atoms with van der Waals surface area (Å²) in [6.07, 6.45) is 1.74. The highest BCUT2D eigenvalue weighted by molar-refractivity contribution is 6.03. The van der Waals surface area contributed by atoms with Crippen molar-refractivity contribution >= 4 is 5.78 Å². The van der Waals surface area contributed by atoms with Gasteiger partial charge < -0.3 is 9.47 Å². The summed E-state index contributed by atoms with van der Waals surface area (Å²) in [7, 11) is 3.41. The predicted octanol–water partition coefficient (Wildman–Crippen LogP) is 3.41. The second-order valence-corrected chi connectivity index (χ2v) is 6.40. The van der Waals surface area contributed by atoms with Crippen LogP contribution in [0.4, 0.5) is 0 Å². The molecule has 4 rings (SSSR count). The van der Waals surface area contributed by atoms with Gasteiger partial charge in [-0.05, 0) is 47.7 Å². The van der Waals surface area contributed by atoms with E-state index < -0.39 is 0 Å². The molecule has 0 saturated heterocycles. The van der Waals surface area contributed by atoms with Gasteiger partial charge in [-0.1, -0.05) is 24.3 Å². The summed E-state index contributed by atoms with van der Waals surface area (Å²) in [5, 5.41) is 0. The highest BCUT2D eigenvalue weighted by Gasteiger charge is 2.44. The van der Waals surface area contributed by atoms with Gasteiger partial charge in [-0.25, -0.2) is 0 Å². The Morgan fingerprint density at radius 1 is 1.00 bits per heavy atom. The molecule has 2 aromatic carbocycles. The molecule has 3 heteroatoms. The summed E-state index contributed by atoms with van der Waals surface area (Å²) in [5.41, 5.74) is 4.52. The maximum absolute atomic E-state index is 13.0. The van der Waals surface area contributed by atoms with E-state index in [9.17, 15) is 4.79 Å². The van der Waals surface area contributed by atoms with Crippen LogP contribution in [0.3, 0.4) is 0 Å². The molecule has 0 saturated carbocycles. The van der Waals surface area contributed by atoms with E-state index in [0.29, 0.717) is 0 Å². The van der Waals surface area contributed by atoms with Crippen LogP contribution >= 0.6 is 0 Å². The van der Waals surface area contributed by atoms with E-state index >= 15 is 0 Å². The van der Waals surface area contributed by atoms with Gasteiger partial charge in [-0.15, -0.1) is 0 Å². The van der Waals surface area contributed by atoms with Gasteiger partial charge in [0.15, 0.2) is 5.78 Å². The average molecular weight is 308 g/mol. The lowest BCUT2D eigenvalue weighted by molar-refractivity contribution is 0.0621. The molecular weight excluding hydrogens is 288 g/mol. The summed E-state index contributed by atoms with van der Waals surface area (Å²) in [4.78, 5) is 13.0. The van der Waals surface area contributed by atoms with Crippen LogP contribution in [0.25, 0.3) is 0 Å². The lowest BCUT2D eigenvalue weighted by Crippen LogP contribution is -2.27. The van der Waals surface area contributed by atoms with Gasteiger partial charge in [0.05, 0.1) is 13.2 Å². The van der Waals surface area contributed by atoms with Crippen molar-refractivity contribution in [2.24, 2.45) is 5.92 Å². The SMILES string of the molecule is COc1ccc2c(c1)CC(C1c3ccccc3CC1OC)C2=O. The molecule has 2 aliphatic rings. The Hall–Kier alpha value is -2.13. The number of carbonyl (C=O) groups is 1. The maximum Gasteiger partial charge on any atom is 0.167 e. The molecule has 0 spiro atoms. The molecule has 2 aliphatic carbocycles. The number of fused-ring (bicyclic) bond motifs is 2. The number of carbonyl (C=O) groups excluding carboxylic acids is 1. The van der Waals surface area contributed by atoms with E-state index in [2.05, 4.69) is 24.3 Å². The first-order valence-electron chi connectivity index (χ1n) is 8.04. The predicted molar refractivity (Wildman–Crippen MR) is 88.2 cm³/mol. The average Bonchev–Trinajstić information content (AvgIpc) is 3.11. The molecule has 0 heterocycles. The van der Waals surface area contributed by atoms with Crippen LogP contribution in [-0.4, -0.2) is 26.1 Å². The number of ketones is 1. The van der Waals surface area contributed by atoms with Crippen LogP contribution in [0.1, 0.15) is 33.0 Å². The fraction of sp³-hybridized carbons (Fsp3) is 0.350. The zero-order valence-electron chi connectivity index (χ0n) is 13.4. The highest BCUT2D eigenvalue weighted by atomic mass is 16.5. The van der Waals surface area contributed by atoms with Crippen LogP contribution in [-0.2, 0) is 17.6 Å². The molecule has 3 unspecified atom stereocenters. The molecule has 118 valence electrons. The Bertz CT molecular complexity index is 765. The van der Waals surface area contributed by atoms with E-state index in [4.69, 9.17) is 9.47 Å². The fourth-order valence-corrected chi connectivity index (χ4v) is 4.22. The van der Waals surface area contributed by atoms with Crippen LogP contribution in [0.2, 0.25) is 0 Å². The Kier molecular flexibility index (Phi) is 3.46. The second-order valence-electron chi connectivity index (χ2n) is 6.40. The lowest BCUT2D eigenvalue weighted by Gasteiger charge is -2.24. The van der Waals surface area contributed by atoms with Crippen molar-refractivity contribution in [3.05, 3.63) is 64.7 Å². The number of hydrogen-bond donors (Lipinski definition) is 0. The van der Waals surface area contributed by atoms with Crippen molar-refractivity contribution in [2.75, 3.05) is 14.2 Å². The van der Waals surface area contributed by atoms with E-state index in [1.54, 1.807) is 14.2 Å². The fourth-order valence-electron chi connectivity index (χ4n) is 4.22. The van der Waals surface area contributed by atoms with Gasteiger partial charge >= 0.3 is 0 Å². The van der Waals surface area contributed by atoms with E-state index in [1.807, 2.05) is 18.2 Å². The molecule has 0 N–H and O–H groups in total. The first kappa shape index (κ1) is 14.5.